The molecule has 216 valence electrons. The number of amides is 1. The number of likely N-dealkylation sites (N-methyl/N-ethyl adjacent to an activating group) is 1. The molecule has 3 heterocycles. The summed E-state index contributed by atoms with van der Waals surface area (Å²) in [5.74, 6) is 0.681. The number of nitrogens with zero attached hydrogens (tertiary/aromatic N) is 6. The highest BCUT2D eigenvalue weighted by Crippen LogP contribution is 2.39. The van der Waals surface area contributed by atoms with Crippen molar-refractivity contribution in [2.75, 3.05) is 44.7 Å². The molecule has 0 bridgehead atoms. The van der Waals surface area contributed by atoms with Gasteiger partial charge in [0.15, 0.2) is 0 Å². The van der Waals surface area contributed by atoms with E-state index in [2.05, 4.69) is 59.8 Å². The van der Waals surface area contributed by atoms with Gasteiger partial charge in [-0.1, -0.05) is 48.5 Å². The van der Waals surface area contributed by atoms with Gasteiger partial charge < -0.3 is 19.4 Å². The highest BCUT2D eigenvalue weighted by Gasteiger charge is 2.33. The smallest absolute Gasteiger partial charge is 0.318 e. The molecule has 1 aliphatic carbocycles. The van der Waals surface area contributed by atoms with Gasteiger partial charge in [-0.3, -0.25) is 4.79 Å². The van der Waals surface area contributed by atoms with E-state index in [0.29, 0.717) is 38.3 Å². The second-order valence-corrected chi connectivity index (χ2v) is 11.7. The van der Waals surface area contributed by atoms with E-state index in [1.54, 1.807) is 4.90 Å². The number of nitriles is 1. The van der Waals surface area contributed by atoms with Gasteiger partial charge in [0.1, 0.15) is 12.4 Å². The van der Waals surface area contributed by atoms with Gasteiger partial charge in [0.05, 0.1) is 24.2 Å². The molecule has 2 aliphatic heterocycles. The first-order valence-electron chi connectivity index (χ1n) is 14.6. The van der Waals surface area contributed by atoms with Gasteiger partial charge in [-0.25, -0.2) is 0 Å². The molecule has 0 spiro atoms. The highest BCUT2D eigenvalue weighted by atomic mass is 35.5. The topological polar surface area (TPSA) is 85.6 Å². The summed E-state index contributed by atoms with van der Waals surface area (Å²) in [7, 11) is 2.13. The van der Waals surface area contributed by atoms with Crippen LogP contribution in [-0.2, 0) is 11.2 Å². The first-order chi connectivity index (χ1) is 20.5. The summed E-state index contributed by atoms with van der Waals surface area (Å²) in [6, 6.07) is 15.0. The van der Waals surface area contributed by atoms with E-state index in [1.807, 2.05) is 12.1 Å². The van der Waals surface area contributed by atoms with Crippen LogP contribution in [-0.4, -0.2) is 77.6 Å². The molecule has 0 N–H and O–H groups in total. The predicted octanol–water partition coefficient (Wildman–Crippen LogP) is 5.36. The average molecular weight is 583 g/mol. The molecular formula is C33H35ClN6O2. The van der Waals surface area contributed by atoms with Crippen LogP contribution in [0.25, 0.3) is 22.4 Å². The summed E-state index contributed by atoms with van der Waals surface area (Å²) in [6.45, 7) is 6.85. The Morgan fingerprint density at radius 3 is 2.76 bits per heavy atom. The number of benzene rings is 2. The number of carbonyl (C=O) groups excluding carboxylic acids is 1. The Hall–Kier alpha value is -3.93. The summed E-state index contributed by atoms with van der Waals surface area (Å²) in [5, 5.41) is 12.4. The van der Waals surface area contributed by atoms with Crippen LogP contribution in [0.15, 0.2) is 49.1 Å². The molecule has 9 heteroatoms. The predicted molar refractivity (Wildman–Crippen MR) is 166 cm³/mol. The van der Waals surface area contributed by atoms with Gasteiger partial charge in [0, 0.05) is 41.6 Å². The third-order valence-corrected chi connectivity index (χ3v) is 9.11. The van der Waals surface area contributed by atoms with Gasteiger partial charge in [-0.05, 0) is 74.0 Å². The highest BCUT2D eigenvalue weighted by molar-refractivity contribution is 6.36. The molecule has 0 radical (unpaired) electrons. The van der Waals surface area contributed by atoms with Crippen molar-refractivity contribution in [2.45, 2.75) is 44.2 Å². The molecule has 2 atom stereocenters. The van der Waals surface area contributed by atoms with Crippen LogP contribution in [0.2, 0.25) is 5.02 Å². The number of likely N-dealkylation sites (tertiary alicyclic amines) is 1. The van der Waals surface area contributed by atoms with Crippen LogP contribution in [0.5, 0.6) is 6.01 Å². The van der Waals surface area contributed by atoms with Crippen molar-refractivity contribution in [2.24, 2.45) is 0 Å². The molecule has 3 aliphatic rings. The number of piperazine rings is 1. The van der Waals surface area contributed by atoms with E-state index in [9.17, 15) is 10.1 Å². The van der Waals surface area contributed by atoms with Gasteiger partial charge in [0.25, 0.3) is 0 Å². The van der Waals surface area contributed by atoms with Gasteiger partial charge >= 0.3 is 6.01 Å². The van der Waals surface area contributed by atoms with E-state index in [1.165, 1.54) is 11.6 Å². The summed E-state index contributed by atoms with van der Waals surface area (Å²) in [6.07, 6.45) is 7.55. The fourth-order valence-electron chi connectivity index (χ4n) is 6.52. The SMILES string of the molecule is C=CC(=O)N1CCN(c2nc(OCC3CCCN3C)nc3c2CCC(c2cccc4cccc(Cl)c24)=C3)CC1CC#N. The maximum Gasteiger partial charge on any atom is 0.318 e. The largest absolute Gasteiger partial charge is 0.462 e. The van der Waals surface area contributed by atoms with E-state index >= 15 is 0 Å². The second-order valence-electron chi connectivity index (χ2n) is 11.3. The third kappa shape index (κ3) is 5.47. The minimum atomic E-state index is -0.246. The van der Waals surface area contributed by atoms with Crippen LogP contribution in [0, 0.1) is 11.3 Å². The number of fused-ring (bicyclic) bond motifs is 2. The Labute approximate surface area is 251 Å². The fourth-order valence-corrected chi connectivity index (χ4v) is 6.80. The number of anilines is 1. The zero-order chi connectivity index (χ0) is 29.2. The number of allylic oxidation sites excluding steroid dienone is 1. The van der Waals surface area contributed by atoms with Crippen LogP contribution in [0.3, 0.4) is 0 Å². The summed E-state index contributed by atoms with van der Waals surface area (Å²) in [4.78, 5) is 28.7. The lowest BCUT2D eigenvalue weighted by atomic mass is 9.88. The zero-order valence-electron chi connectivity index (χ0n) is 23.9. The average Bonchev–Trinajstić information content (AvgIpc) is 3.43. The fraction of sp³-hybridized carbons (Fsp3) is 0.394. The molecule has 2 saturated heterocycles. The van der Waals surface area contributed by atoms with Crippen molar-refractivity contribution in [3.63, 3.8) is 0 Å². The Morgan fingerprint density at radius 1 is 1.17 bits per heavy atom. The van der Waals surface area contributed by atoms with Crippen molar-refractivity contribution in [1.29, 1.82) is 5.26 Å². The zero-order valence-corrected chi connectivity index (χ0v) is 24.7. The number of hydrogen-bond acceptors (Lipinski definition) is 7. The Bertz CT molecular complexity index is 1590. The quantitative estimate of drug-likeness (QED) is 0.347. The van der Waals surface area contributed by atoms with Crippen LogP contribution < -0.4 is 9.64 Å². The normalized spacial score (nSPS) is 20.6. The molecule has 8 nitrogen and oxygen atoms in total. The standard InChI is InChI=1S/C33H35ClN6O2/c1-3-30(41)40-18-17-39(20-24(40)14-15-35)32-27-13-12-23(26-10-4-7-22-8-5-11-28(34)31(22)26)19-29(27)36-33(37-32)42-21-25-9-6-16-38(25)2/h3-5,7-8,10-11,19,24-25H,1,6,9,12-14,16-18,20-21H2,2H3. The molecule has 2 unspecified atom stereocenters. The summed E-state index contributed by atoms with van der Waals surface area (Å²) in [5.41, 5.74) is 4.21. The van der Waals surface area contributed by atoms with E-state index < -0.39 is 0 Å². The van der Waals surface area contributed by atoms with Crippen molar-refractivity contribution >= 4 is 45.7 Å². The number of hydrogen-bond donors (Lipinski definition) is 0. The maximum atomic E-state index is 12.5. The molecule has 3 aromatic rings. The number of ether oxygens (including phenoxy) is 1. The van der Waals surface area contributed by atoms with Crippen LogP contribution in [0.1, 0.15) is 42.5 Å². The van der Waals surface area contributed by atoms with E-state index in [4.69, 9.17) is 26.3 Å². The Kier molecular flexibility index (Phi) is 8.14. The van der Waals surface area contributed by atoms with Crippen molar-refractivity contribution in [3.05, 3.63) is 70.9 Å². The van der Waals surface area contributed by atoms with Crippen molar-refractivity contribution in [3.8, 4) is 12.1 Å². The monoisotopic (exact) mass is 582 g/mol. The number of rotatable bonds is 7. The molecule has 6 rings (SSSR count). The van der Waals surface area contributed by atoms with Gasteiger partial charge in [0.2, 0.25) is 5.91 Å². The second kappa shape index (κ2) is 12.1. The molecule has 1 aromatic heterocycles. The number of aromatic nitrogens is 2. The molecule has 42 heavy (non-hydrogen) atoms. The van der Waals surface area contributed by atoms with Gasteiger partial charge in [-0.2, -0.15) is 15.2 Å². The van der Waals surface area contributed by atoms with Crippen molar-refractivity contribution in [1.82, 2.24) is 19.8 Å². The summed E-state index contributed by atoms with van der Waals surface area (Å²) >= 11 is 6.69. The van der Waals surface area contributed by atoms with Crippen LogP contribution in [0.4, 0.5) is 5.82 Å². The van der Waals surface area contributed by atoms with E-state index in [0.717, 1.165) is 70.7 Å². The maximum absolute atomic E-state index is 12.5. The molecule has 0 saturated carbocycles. The number of halogens is 1. The number of carbonyl (C=O) groups is 1. The third-order valence-electron chi connectivity index (χ3n) is 8.80. The minimum Gasteiger partial charge on any atom is -0.462 e. The lowest BCUT2D eigenvalue weighted by molar-refractivity contribution is -0.128. The molecule has 1 amide bonds. The molecule has 2 aromatic carbocycles. The molecule has 2 fully saturated rings. The Balaban J connectivity index is 1.39. The van der Waals surface area contributed by atoms with E-state index in [-0.39, 0.29) is 18.4 Å². The Morgan fingerprint density at radius 2 is 2.00 bits per heavy atom. The van der Waals surface area contributed by atoms with Crippen molar-refractivity contribution < 1.29 is 9.53 Å². The minimum absolute atomic E-state index is 0.148. The first-order valence-corrected chi connectivity index (χ1v) is 15.0. The summed E-state index contributed by atoms with van der Waals surface area (Å²) < 4.78 is 6.27. The lowest BCUT2D eigenvalue weighted by Crippen LogP contribution is -2.55. The van der Waals surface area contributed by atoms with Crippen LogP contribution >= 0.6 is 11.6 Å². The molecular weight excluding hydrogens is 548 g/mol. The van der Waals surface area contributed by atoms with Gasteiger partial charge in [-0.15, -0.1) is 0 Å². The first kappa shape index (κ1) is 28.2. The lowest BCUT2D eigenvalue weighted by Gasteiger charge is -2.41.